The number of nitrogens with one attached hydrogen (secondary N) is 1. The van der Waals surface area contributed by atoms with Gasteiger partial charge in [-0.2, -0.15) is 0 Å². The summed E-state index contributed by atoms with van der Waals surface area (Å²) in [6.45, 7) is 2.03. The second kappa shape index (κ2) is 5.75. The smallest absolute Gasteiger partial charge is 0.270 e. The van der Waals surface area contributed by atoms with Crippen molar-refractivity contribution in [1.29, 1.82) is 0 Å². The summed E-state index contributed by atoms with van der Waals surface area (Å²) >= 11 is 3.34. The lowest BCUT2D eigenvalue weighted by atomic mass is 10.2. The van der Waals surface area contributed by atoms with Crippen LogP contribution in [0.4, 0.5) is 0 Å². The normalized spacial score (nSPS) is 12.1. The van der Waals surface area contributed by atoms with Crippen molar-refractivity contribution in [2.24, 2.45) is 0 Å². The molecule has 1 rings (SSSR count). The monoisotopic (exact) mass is 256 g/mol. The molecular formula is C10H13BrN2O. The molecule has 0 radical (unpaired) electrons. The zero-order valence-electron chi connectivity index (χ0n) is 8.03. The average molecular weight is 257 g/mol. The first-order valence-corrected chi connectivity index (χ1v) is 5.68. The van der Waals surface area contributed by atoms with E-state index in [1.54, 1.807) is 24.4 Å². The molecule has 0 aliphatic heterocycles. The molecule has 1 amide bonds. The van der Waals surface area contributed by atoms with Gasteiger partial charge in [-0.05, 0) is 18.6 Å². The van der Waals surface area contributed by atoms with E-state index >= 15 is 0 Å². The largest absolute Gasteiger partial charge is 0.347 e. The number of hydrogen-bond acceptors (Lipinski definition) is 2. The summed E-state index contributed by atoms with van der Waals surface area (Å²) < 4.78 is 0. The number of amides is 1. The molecule has 0 fully saturated rings. The van der Waals surface area contributed by atoms with Crippen molar-refractivity contribution in [3.63, 3.8) is 0 Å². The number of carbonyl (C=O) groups is 1. The SMILES string of the molecule is CCC(CBr)NC(=O)c1ccccn1. The lowest BCUT2D eigenvalue weighted by Gasteiger charge is -2.12. The molecule has 1 N–H and O–H groups in total. The number of pyridine rings is 1. The number of hydrogen-bond donors (Lipinski definition) is 1. The highest BCUT2D eigenvalue weighted by molar-refractivity contribution is 9.09. The van der Waals surface area contributed by atoms with Crippen molar-refractivity contribution < 1.29 is 4.79 Å². The van der Waals surface area contributed by atoms with Gasteiger partial charge in [-0.15, -0.1) is 0 Å². The van der Waals surface area contributed by atoms with E-state index in [0.717, 1.165) is 11.8 Å². The van der Waals surface area contributed by atoms with Gasteiger partial charge in [0.25, 0.3) is 5.91 Å². The third-order valence-electron chi connectivity index (χ3n) is 1.91. The van der Waals surface area contributed by atoms with Crippen molar-refractivity contribution >= 4 is 21.8 Å². The van der Waals surface area contributed by atoms with E-state index in [2.05, 4.69) is 26.2 Å². The standard InChI is InChI=1S/C10H13BrN2O/c1-2-8(7-11)13-10(14)9-5-3-4-6-12-9/h3-6,8H,2,7H2,1H3,(H,13,14). The van der Waals surface area contributed by atoms with Crippen molar-refractivity contribution in [3.8, 4) is 0 Å². The molecule has 1 unspecified atom stereocenters. The highest BCUT2D eigenvalue weighted by Crippen LogP contribution is 1.99. The number of aromatic nitrogens is 1. The Bertz CT molecular complexity index is 285. The van der Waals surface area contributed by atoms with Gasteiger partial charge in [0.15, 0.2) is 0 Å². The van der Waals surface area contributed by atoms with Crippen LogP contribution in [0.25, 0.3) is 0 Å². The molecule has 1 aromatic rings. The fourth-order valence-corrected chi connectivity index (χ4v) is 1.63. The van der Waals surface area contributed by atoms with Crippen molar-refractivity contribution in [3.05, 3.63) is 30.1 Å². The molecule has 1 aromatic heterocycles. The zero-order valence-corrected chi connectivity index (χ0v) is 9.62. The van der Waals surface area contributed by atoms with E-state index in [1.807, 2.05) is 6.92 Å². The molecule has 1 heterocycles. The fraction of sp³-hybridized carbons (Fsp3) is 0.400. The first-order valence-electron chi connectivity index (χ1n) is 4.55. The van der Waals surface area contributed by atoms with Crippen molar-refractivity contribution in [2.45, 2.75) is 19.4 Å². The van der Waals surface area contributed by atoms with Gasteiger partial charge in [0.05, 0.1) is 0 Å². The Labute approximate surface area is 92.1 Å². The van der Waals surface area contributed by atoms with Crippen LogP contribution in [0.3, 0.4) is 0 Å². The van der Waals surface area contributed by atoms with Crippen LogP contribution in [0.2, 0.25) is 0 Å². The number of rotatable bonds is 4. The predicted octanol–water partition coefficient (Wildman–Crippen LogP) is 1.98. The number of carbonyl (C=O) groups excluding carboxylic acids is 1. The summed E-state index contributed by atoms with van der Waals surface area (Å²) in [5.74, 6) is -0.114. The maximum Gasteiger partial charge on any atom is 0.270 e. The third kappa shape index (κ3) is 3.10. The molecule has 0 saturated heterocycles. The Morgan fingerprint density at radius 1 is 1.64 bits per heavy atom. The number of halogens is 1. The Hall–Kier alpha value is -0.900. The third-order valence-corrected chi connectivity index (χ3v) is 2.69. The Balaban J connectivity index is 2.59. The lowest BCUT2D eigenvalue weighted by molar-refractivity contribution is 0.0935. The van der Waals surface area contributed by atoms with Crippen LogP contribution in [0, 0.1) is 0 Å². The summed E-state index contributed by atoms with van der Waals surface area (Å²) in [6, 6.07) is 5.47. The van der Waals surface area contributed by atoms with Gasteiger partial charge in [-0.3, -0.25) is 9.78 Å². The number of alkyl halides is 1. The first-order chi connectivity index (χ1) is 6.77. The average Bonchev–Trinajstić information content (AvgIpc) is 2.26. The van der Waals surface area contributed by atoms with Gasteiger partial charge in [-0.25, -0.2) is 0 Å². The maximum absolute atomic E-state index is 11.6. The molecule has 3 nitrogen and oxygen atoms in total. The van der Waals surface area contributed by atoms with Crippen molar-refractivity contribution in [1.82, 2.24) is 10.3 Å². The van der Waals surface area contributed by atoms with Crippen LogP contribution in [-0.4, -0.2) is 22.3 Å². The lowest BCUT2D eigenvalue weighted by Crippen LogP contribution is -2.35. The highest BCUT2D eigenvalue weighted by atomic mass is 79.9. The maximum atomic E-state index is 11.6. The minimum atomic E-state index is -0.114. The zero-order chi connectivity index (χ0) is 10.4. The molecule has 1 atom stereocenters. The van der Waals surface area contributed by atoms with Gasteiger partial charge >= 0.3 is 0 Å². The van der Waals surface area contributed by atoms with Gasteiger partial charge in [0, 0.05) is 17.6 Å². The number of nitrogens with zero attached hydrogens (tertiary/aromatic N) is 1. The van der Waals surface area contributed by atoms with Gasteiger partial charge in [-0.1, -0.05) is 28.9 Å². The van der Waals surface area contributed by atoms with Crippen molar-refractivity contribution in [2.75, 3.05) is 5.33 Å². The molecule has 14 heavy (non-hydrogen) atoms. The van der Waals surface area contributed by atoms with Crippen LogP contribution in [0.5, 0.6) is 0 Å². The van der Waals surface area contributed by atoms with Crippen LogP contribution in [0.15, 0.2) is 24.4 Å². The van der Waals surface area contributed by atoms with E-state index in [0.29, 0.717) is 5.69 Å². The quantitative estimate of drug-likeness (QED) is 0.838. The molecule has 0 saturated carbocycles. The Morgan fingerprint density at radius 2 is 2.43 bits per heavy atom. The molecule has 0 spiro atoms. The minimum Gasteiger partial charge on any atom is -0.347 e. The molecular weight excluding hydrogens is 244 g/mol. The van der Waals surface area contributed by atoms with Crippen LogP contribution in [-0.2, 0) is 0 Å². The first kappa shape index (κ1) is 11.2. The summed E-state index contributed by atoms with van der Waals surface area (Å²) in [4.78, 5) is 15.6. The second-order valence-corrected chi connectivity index (χ2v) is 3.60. The van der Waals surface area contributed by atoms with Gasteiger partial charge in [0.1, 0.15) is 5.69 Å². The minimum absolute atomic E-state index is 0.114. The molecule has 4 heteroatoms. The Morgan fingerprint density at radius 3 is 2.93 bits per heavy atom. The van der Waals surface area contributed by atoms with E-state index in [9.17, 15) is 4.79 Å². The van der Waals surface area contributed by atoms with E-state index < -0.39 is 0 Å². The van der Waals surface area contributed by atoms with E-state index in [-0.39, 0.29) is 11.9 Å². The van der Waals surface area contributed by atoms with Crippen LogP contribution < -0.4 is 5.32 Å². The van der Waals surface area contributed by atoms with E-state index in [4.69, 9.17) is 0 Å². The van der Waals surface area contributed by atoms with Gasteiger partial charge < -0.3 is 5.32 Å². The molecule has 0 aliphatic carbocycles. The van der Waals surface area contributed by atoms with Gasteiger partial charge in [0.2, 0.25) is 0 Å². The summed E-state index contributed by atoms with van der Waals surface area (Å²) in [5, 5.41) is 3.65. The van der Waals surface area contributed by atoms with Crippen LogP contribution in [0.1, 0.15) is 23.8 Å². The highest BCUT2D eigenvalue weighted by Gasteiger charge is 2.10. The molecule has 0 aromatic carbocycles. The van der Waals surface area contributed by atoms with E-state index in [1.165, 1.54) is 0 Å². The topological polar surface area (TPSA) is 42.0 Å². The summed E-state index contributed by atoms with van der Waals surface area (Å²) in [7, 11) is 0. The predicted molar refractivity (Wildman–Crippen MR) is 59.6 cm³/mol. The summed E-state index contributed by atoms with van der Waals surface area (Å²) in [5.41, 5.74) is 0.465. The fourth-order valence-electron chi connectivity index (χ4n) is 1.01. The summed E-state index contributed by atoms with van der Waals surface area (Å²) in [6.07, 6.45) is 2.52. The van der Waals surface area contributed by atoms with Crippen LogP contribution >= 0.6 is 15.9 Å². The second-order valence-electron chi connectivity index (χ2n) is 2.95. The Kier molecular flexibility index (Phi) is 4.59. The molecule has 0 bridgehead atoms. The molecule has 0 aliphatic rings. The molecule has 76 valence electrons.